The Balaban J connectivity index is 1.92. The van der Waals surface area contributed by atoms with Crippen molar-refractivity contribution in [1.29, 1.82) is 0 Å². The van der Waals surface area contributed by atoms with E-state index in [1.165, 1.54) is 54.9 Å². The van der Waals surface area contributed by atoms with Crippen LogP contribution in [0.3, 0.4) is 0 Å². The van der Waals surface area contributed by atoms with Crippen molar-refractivity contribution in [2.24, 2.45) is 0 Å². The van der Waals surface area contributed by atoms with Crippen LogP contribution in [0, 0.1) is 0 Å². The van der Waals surface area contributed by atoms with Gasteiger partial charge in [-0.15, -0.1) is 0 Å². The van der Waals surface area contributed by atoms with E-state index in [1.807, 2.05) is 0 Å². The summed E-state index contributed by atoms with van der Waals surface area (Å²) in [5.41, 5.74) is 8.34. The van der Waals surface area contributed by atoms with Crippen molar-refractivity contribution in [2.45, 2.75) is 33.1 Å². The van der Waals surface area contributed by atoms with Crippen molar-refractivity contribution < 1.29 is 0 Å². The second-order valence-corrected chi connectivity index (χ2v) is 7.86. The van der Waals surface area contributed by atoms with Gasteiger partial charge in [0.15, 0.2) is 0 Å². The zero-order valence-corrected chi connectivity index (χ0v) is 17.2. The first kappa shape index (κ1) is 17.9. The summed E-state index contributed by atoms with van der Waals surface area (Å²) < 4.78 is 0. The summed E-state index contributed by atoms with van der Waals surface area (Å²) in [4.78, 5) is 0. The van der Waals surface area contributed by atoms with Crippen LogP contribution in [0.5, 0.6) is 0 Å². The molecule has 29 heavy (non-hydrogen) atoms. The molecule has 0 atom stereocenters. The number of aryl methyl sites for hydroxylation is 1. The summed E-state index contributed by atoms with van der Waals surface area (Å²) in [6, 6.07) is 24.9. The third-order valence-corrected chi connectivity index (χ3v) is 6.29. The van der Waals surface area contributed by atoms with Crippen LogP contribution >= 0.6 is 0 Å². The van der Waals surface area contributed by atoms with E-state index in [0.29, 0.717) is 0 Å². The van der Waals surface area contributed by atoms with E-state index in [1.54, 1.807) is 0 Å². The fraction of sp³-hybridized carbons (Fsp3) is 0.172. The predicted octanol–water partition coefficient (Wildman–Crippen LogP) is 8.43. The molecule has 4 aromatic rings. The Morgan fingerprint density at radius 1 is 0.862 bits per heavy atom. The first-order chi connectivity index (χ1) is 14.3. The van der Waals surface area contributed by atoms with E-state index < -0.39 is 0 Å². The van der Waals surface area contributed by atoms with Gasteiger partial charge in [-0.3, -0.25) is 0 Å². The fourth-order valence-electron chi connectivity index (χ4n) is 4.90. The molecule has 1 aliphatic rings. The van der Waals surface area contributed by atoms with Crippen LogP contribution in [0.2, 0.25) is 0 Å². The second kappa shape index (κ2) is 7.37. The van der Waals surface area contributed by atoms with Gasteiger partial charge in [-0.05, 0) is 81.1 Å². The Morgan fingerprint density at radius 2 is 1.52 bits per heavy atom. The third kappa shape index (κ3) is 2.91. The molecule has 0 saturated heterocycles. The number of rotatable bonds is 3. The van der Waals surface area contributed by atoms with Gasteiger partial charge in [0.2, 0.25) is 0 Å². The quantitative estimate of drug-likeness (QED) is 0.316. The third-order valence-electron chi connectivity index (χ3n) is 6.29. The lowest BCUT2D eigenvalue weighted by molar-refractivity contribution is 0.986. The number of benzene rings is 4. The maximum absolute atomic E-state index is 2.42. The maximum Gasteiger partial charge on any atom is -0.00263 e. The van der Waals surface area contributed by atoms with Crippen molar-refractivity contribution in [3.8, 4) is 11.1 Å². The van der Waals surface area contributed by atoms with Gasteiger partial charge in [-0.2, -0.15) is 0 Å². The van der Waals surface area contributed by atoms with E-state index in [2.05, 4.69) is 98.8 Å². The lowest BCUT2D eigenvalue weighted by atomic mass is 9.84. The van der Waals surface area contributed by atoms with Crippen LogP contribution in [0.4, 0.5) is 0 Å². The topological polar surface area (TPSA) is 0 Å². The molecule has 0 heterocycles. The SMILES string of the molecule is CC=C(CC)c1c2ccccc2c(-c2ccc3c(c2)CCC=C3)c2ccccc12. The highest BCUT2D eigenvalue weighted by molar-refractivity contribution is 6.18. The van der Waals surface area contributed by atoms with E-state index in [0.717, 1.165) is 19.3 Å². The zero-order valence-electron chi connectivity index (χ0n) is 17.2. The van der Waals surface area contributed by atoms with Crippen molar-refractivity contribution in [3.05, 3.63) is 95.6 Å². The van der Waals surface area contributed by atoms with Gasteiger partial charge in [-0.1, -0.05) is 91.9 Å². The first-order valence-corrected chi connectivity index (χ1v) is 10.7. The lowest BCUT2D eigenvalue weighted by Crippen LogP contribution is -1.96. The molecule has 0 aliphatic heterocycles. The van der Waals surface area contributed by atoms with Gasteiger partial charge >= 0.3 is 0 Å². The van der Waals surface area contributed by atoms with Crippen molar-refractivity contribution >= 4 is 33.2 Å². The molecule has 0 amide bonds. The molecule has 4 aromatic carbocycles. The predicted molar refractivity (Wildman–Crippen MR) is 128 cm³/mol. The molecule has 0 radical (unpaired) electrons. The first-order valence-electron chi connectivity index (χ1n) is 10.7. The molecule has 0 fully saturated rings. The average molecular weight is 375 g/mol. The smallest absolute Gasteiger partial charge is 0.00263 e. The molecule has 0 aromatic heterocycles. The Kier molecular flexibility index (Phi) is 4.56. The minimum absolute atomic E-state index is 1.04. The minimum atomic E-state index is 1.04. The lowest BCUT2D eigenvalue weighted by Gasteiger charge is -2.20. The molecule has 0 bridgehead atoms. The van der Waals surface area contributed by atoms with Gasteiger partial charge < -0.3 is 0 Å². The summed E-state index contributed by atoms with van der Waals surface area (Å²) >= 11 is 0. The molecule has 0 saturated carbocycles. The van der Waals surface area contributed by atoms with Gasteiger partial charge in [0.1, 0.15) is 0 Å². The van der Waals surface area contributed by atoms with Gasteiger partial charge in [0, 0.05) is 0 Å². The monoisotopic (exact) mass is 374 g/mol. The molecule has 0 unspecified atom stereocenters. The summed E-state index contributed by atoms with van der Waals surface area (Å²) in [5.74, 6) is 0. The van der Waals surface area contributed by atoms with Crippen LogP contribution in [0.1, 0.15) is 43.4 Å². The Bertz CT molecular complexity index is 1230. The second-order valence-electron chi connectivity index (χ2n) is 7.86. The Labute approximate surface area is 173 Å². The summed E-state index contributed by atoms with van der Waals surface area (Å²) in [5, 5.41) is 5.41. The van der Waals surface area contributed by atoms with Crippen LogP contribution in [-0.4, -0.2) is 0 Å². The van der Waals surface area contributed by atoms with E-state index >= 15 is 0 Å². The zero-order chi connectivity index (χ0) is 19.8. The standard InChI is InChI=1S/C29H26/c1-3-20(4-2)28-24-13-7-9-15-26(24)29(27-16-10-8-14-25(27)28)23-18-17-21-11-5-6-12-22(21)19-23/h3,5,7-11,13-19H,4,6,12H2,1-2H3. The molecule has 142 valence electrons. The molecule has 5 rings (SSSR count). The Hall–Kier alpha value is -3.12. The molecule has 0 heteroatoms. The molecule has 0 spiro atoms. The van der Waals surface area contributed by atoms with E-state index in [-0.39, 0.29) is 0 Å². The van der Waals surface area contributed by atoms with Gasteiger partial charge in [-0.25, -0.2) is 0 Å². The van der Waals surface area contributed by atoms with Crippen molar-refractivity contribution in [2.75, 3.05) is 0 Å². The van der Waals surface area contributed by atoms with Crippen LogP contribution in [0.15, 0.2) is 78.9 Å². The summed E-state index contributed by atoms with van der Waals surface area (Å²) in [6.45, 7) is 4.41. The number of allylic oxidation sites excluding steroid dienone is 3. The highest BCUT2D eigenvalue weighted by atomic mass is 14.2. The summed E-state index contributed by atoms with van der Waals surface area (Å²) in [6.07, 6.45) is 10.1. The van der Waals surface area contributed by atoms with Gasteiger partial charge in [0.05, 0.1) is 0 Å². The molecular formula is C29H26. The van der Waals surface area contributed by atoms with Crippen molar-refractivity contribution in [1.82, 2.24) is 0 Å². The molecule has 1 aliphatic carbocycles. The van der Waals surface area contributed by atoms with Crippen LogP contribution < -0.4 is 0 Å². The molecule has 0 nitrogen and oxygen atoms in total. The Morgan fingerprint density at radius 3 is 2.14 bits per heavy atom. The maximum atomic E-state index is 2.42. The van der Waals surface area contributed by atoms with E-state index in [4.69, 9.17) is 0 Å². The largest absolute Gasteiger partial charge is 0.0838 e. The van der Waals surface area contributed by atoms with E-state index in [9.17, 15) is 0 Å². The van der Waals surface area contributed by atoms with Crippen LogP contribution in [0.25, 0.3) is 44.3 Å². The normalized spacial score (nSPS) is 13.8. The number of hydrogen-bond acceptors (Lipinski definition) is 0. The number of fused-ring (bicyclic) bond motifs is 3. The van der Waals surface area contributed by atoms with Crippen LogP contribution in [-0.2, 0) is 6.42 Å². The number of hydrogen-bond donors (Lipinski definition) is 0. The molecular weight excluding hydrogens is 348 g/mol. The highest BCUT2D eigenvalue weighted by Crippen LogP contribution is 2.42. The summed E-state index contributed by atoms with van der Waals surface area (Å²) in [7, 11) is 0. The van der Waals surface area contributed by atoms with Gasteiger partial charge in [0.25, 0.3) is 0 Å². The highest BCUT2D eigenvalue weighted by Gasteiger charge is 2.17. The van der Waals surface area contributed by atoms with Crippen molar-refractivity contribution in [3.63, 3.8) is 0 Å². The minimum Gasteiger partial charge on any atom is -0.0838 e. The average Bonchev–Trinajstić information content (AvgIpc) is 2.79. The fourth-order valence-corrected chi connectivity index (χ4v) is 4.90. The molecule has 0 N–H and O–H groups in total.